The molecule has 110 valence electrons. The standard InChI is InChI=1S/C15H21NO3S/c1-15(2,3)19-14(18)16-7-6-11-10-12(20-9-8-17)4-5-13(11)16/h4-5,10,17H,6-9H2,1-3H3. The minimum Gasteiger partial charge on any atom is -0.443 e. The fraction of sp³-hybridized carbons (Fsp3) is 0.533. The third kappa shape index (κ3) is 3.67. The predicted octanol–water partition coefficient (Wildman–Crippen LogP) is 3.07. The van der Waals surface area contributed by atoms with Crippen molar-refractivity contribution in [1.29, 1.82) is 0 Å². The maximum atomic E-state index is 12.1. The Morgan fingerprint density at radius 3 is 2.85 bits per heavy atom. The normalized spacial score (nSPS) is 14.3. The Bertz CT molecular complexity index is 496. The fourth-order valence-electron chi connectivity index (χ4n) is 2.14. The van der Waals surface area contributed by atoms with E-state index >= 15 is 0 Å². The van der Waals surface area contributed by atoms with Crippen molar-refractivity contribution in [2.45, 2.75) is 37.7 Å². The van der Waals surface area contributed by atoms with E-state index in [1.807, 2.05) is 32.9 Å². The van der Waals surface area contributed by atoms with Gasteiger partial charge >= 0.3 is 6.09 Å². The molecule has 4 nitrogen and oxygen atoms in total. The fourth-order valence-corrected chi connectivity index (χ4v) is 2.85. The van der Waals surface area contributed by atoms with Gasteiger partial charge in [-0.3, -0.25) is 4.90 Å². The van der Waals surface area contributed by atoms with Crippen molar-refractivity contribution in [2.24, 2.45) is 0 Å². The number of anilines is 1. The molecule has 1 aliphatic heterocycles. The van der Waals surface area contributed by atoms with Crippen LogP contribution in [0.15, 0.2) is 23.1 Å². The van der Waals surface area contributed by atoms with Gasteiger partial charge in [-0.15, -0.1) is 11.8 Å². The molecule has 0 radical (unpaired) electrons. The molecule has 0 atom stereocenters. The van der Waals surface area contributed by atoms with Crippen LogP contribution < -0.4 is 4.90 Å². The summed E-state index contributed by atoms with van der Waals surface area (Å²) in [5, 5.41) is 8.85. The van der Waals surface area contributed by atoms with Crippen molar-refractivity contribution in [2.75, 3.05) is 23.8 Å². The Labute approximate surface area is 124 Å². The number of carbonyl (C=O) groups is 1. The second-order valence-electron chi connectivity index (χ2n) is 5.74. The monoisotopic (exact) mass is 295 g/mol. The number of fused-ring (bicyclic) bond motifs is 1. The Kier molecular flexibility index (Phi) is 4.60. The molecule has 1 heterocycles. The Morgan fingerprint density at radius 1 is 1.45 bits per heavy atom. The topological polar surface area (TPSA) is 49.8 Å². The maximum Gasteiger partial charge on any atom is 0.414 e. The average Bonchev–Trinajstić information content (AvgIpc) is 2.77. The molecule has 1 aliphatic rings. The van der Waals surface area contributed by atoms with E-state index in [1.165, 1.54) is 5.56 Å². The number of ether oxygens (including phenoxy) is 1. The van der Waals surface area contributed by atoms with E-state index in [9.17, 15) is 4.79 Å². The number of benzene rings is 1. The van der Waals surface area contributed by atoms with Crippen molar-refractivity contribution in [3.8, 4) is 0 Å². The van der Waals surface area contributed by atoms with Crippen LogP contribution in [0.2, 0.25) is 0 Å². The lowest BCUT2D eigenvalue weighted by molar-refractivity contribution is 0.0584. The van der Waals surface area contributed by atoms with Crippen LogP contribution in [-0.4, -0.2) is 35.7 Å². The minimum absolute atomic E-state index is 0.172. The lowest BCUT2D eigenvalue weighted by Crippen LogP contribution is -2.35. The Morgan fingerprint density at radius 2 is 2.20 bits per heavy atom. The van der Waals surface area contributed by atoms with E-state index in [0.717, 1.165) is 17.0 Å². The average molecular weight is 295 g/mol. The second kappa shape index (κ2) is 6.06. The van der Waals surface area contributed by atoms with E-state index in [4.69, 9.17) is 9.84 Å². The van der Waals surface area contributed by atoms with Crippen molar-refractivity contribution >= 4 is 23.5 Å². The molecule has 0 saturated carbocycles. The van der Waals surface area contributed by atoms with E-state index in [1.54, 1.807) is 16.7 Å². The molecule has 2 rings (SSSR count). The molecular formula is C15H21NO3S. The number of aliphatic hydroxyl groups excluding tert-OH is 1. The third-order valence-electron chi connectivity index (χ3n) is 2.92. The summed E-state index contributed by atoms with van der Waals surface area (Å²) >= 11 is 1.62. The zero-order chi connectivity index (χ0) is 14.8. The number of rotatable bonds is 3. The molecular weight excluding hydrogens is 274 g/mol. The third-order valence-corrected chi connectivity index (χ3v) is 3.89. The van der Waals surface area contributed by atoms with Gasteiger partial charge in [-0.1, -0.05) is 0 Å². The van der Waals surface area contributed by atoms with Crippen LogP contribution >= 0.6 is 11.8 Å². The maximum absolute atomic E-state index is 12.1. The van der Waals surface area contributed by atoms with Gasteiger partial charge in [0.1, 0.15) is 5.60 Å². The van der Waals surface area contributed by atoms with Crippen LogP contribution in [0.5, 0.6) is 0 Å². The SMILES string of the molecule is CC(C)(C)OC(=O)N1CCc2cc(SCCO)ccc21. The lowest BCUT2D eigenvalue weighted by atomic mass is 10.2. The van der Waals surface area contributed by atoms with Crippen LogP contribution in [0.3, 0.4) is 0 Å². The molecule has 1 amide bonds. The first kappa shape index (κ1) is 15.2. The van der Waals surface area contributed by atoms with Gasteiger partial charge in [-0.2, -0.15) is 0 Å². The first-order chi connectivity index (χ1) is 9.40. The number of amides is 1. The quantitative estimate of drug-likeness (QED) is 0.871. The minimum atomic E-state index is -0.475. The van der Waals surface area contributed by atoms with Gasteiger partial charge < -0.3 is 9.84 Å². The van der Waals surface area contributed by atoms with E-state index in [2.05, 4.69) is 6.07 Å². The van der Waals surface area contributed by atoms with Gasteiger partial charge in [-0.25, -0.2) is 4.79 Å². The van der Waals surface area contributed by atoms with E-state index in [0.29, 0.717) is 12.3 Å². The van der Waals surface area contributed by atoms with Gasteiger partial charge in [0.2, 0.25) is 0 Å². The number of nitrogens with zero attached hydrogens (tertiary/aromatic N) is 1. The summed E-state index contributed by atoms with van der Waals surface area (Å²) in [6.45, 7) is 6.45. The van der Waals surface area contributed by atoms with E-state index in [-0.39, 0.29) is 12.7 Å². The molecule has 5 heteroatoms. The molecule has 1 aromatic carbocycles. The second-order valence-corrected chi connectivity index (χ2v) is 6.91. The van der Waals surface area contributed by atoms with Crippen LogP contribution in [0, 0.1) is 0 Å². The van der Waals surface area contributed by atoms with Crippen LogP contribution in [-0.2, 0) is 11.2 Å². The number of carbonyl (C=O) groups excluding carboxylic acids is 1. The lowest BCUT2D eigenvalue weighted by Gasteiger charge is -2.24. The Balaban J connectivity index is 2.11. The smallest absolute Gasteiger partial charge is 0.414 e. The summed E-state index contributed by atoms with van der Waals surface area (Å²) in [5.74, 6) is 0.689. The van der Waals surface area contributed by atoms with Crippen molar-refractivity contribution in [3.05, 3.63) is 23.8 Å². The highest BCUT2D eigenvalue weighted by Crippen LogP contribution is 2.32. The van der Waals surface area contributed by atoms with Crippen molar-refractivity contribution < 1.29 is 14.6 Å². The molecule has 0 fully saturated rings. The number of hydrogen-bond donors (Lipinski definition) is 1. The van der Waals surface area contributed by atoms with Gasteiger partial charge in [0.05, 0.1) is 12.3 Å². The molecule has 20 heavy (non-hydrogen) atoms. The highest BCUT2D eigenvalue weighted by Gasteiger charge is 2.28. The number of thioether (sulfide) groups is 1. The number of hydrogen-bond acceptors (Lipinski definition) is 4. The first-order valence-electron chi connectivity index (χ1n) is 6.78. The van der Waals surface area contributed by atoms with Crippen LogP contribution in [0.25, 0.3) is 0 Å². The van der Waals surface area contributed by atoms with Crippen molar-refractivity contribution in [1.82, 2.24) is 0 Å². The summed E-state index contributed by atoms with van der Waals surface area (Å²) in [4.78, 5) is 15.0. The van der Waals surface area contributed by atoms with Gasteiger partial charge in [-0.05, 0) is 51.0 Å². The highest BCUT2D eigenvalue weighted by molar-refractivity contribution is 7.99. The molecule has 0 unspecified atom stereocenters. The summed E-state index contributed by atoms with van der Waals surface area (Å²) < 4.78 is 5.42. The summed E-state index contributed by atoms with van der Waals surface area (Å²) in [6, 6.07) is 6.05. The molecule has 0 spiro atoms. The first-order valence-corrected chi connectivity index (χ1v) is 7.76. The number of aliphatic hydroxyl groups is 1. The van der Waals surface area contributed by atoms with Gasteiger partial charge in [0.15, 0.2) is 0 Å². The molecule has 0 bridgehead atoms. The molecule has 1 aromatic rings. The van der Waals surface area contributed by atoms with Crippen LogP contribution in [0.4, 0.5) is 10.5 Å². The van der Waals surface area contributed by atoms with Crippen molar-refractivity contribution in [3.63, 3.8) is 0 Å². The zero-order valence-electron chi connectivity index (χ0n) is 12.2. The molecule has 0 saturated heterocycles. The molecule has 0 aliphatic carbocycles. The van der Waals surface area contributed by atoms with Gasteiger partial charge in [0.25, 0.3) is 0 Å². The summed E-state index contributed by atoms with van der Waals surface area (Å²) in [6.07, 6.45) is 0.564. The Hall–Kier alpha value is -1.20. The van der Waals surface area contributed by atoms with Crippen LogP contribution in [0.1, 0.15) is 26.3 Å². The zero-order valence-corrected chi connectivity index (χ0v) is 13.0. The highest BCUT2D eigenvalue weighted by atomic mass is 32.2. The summed E-state index contributed by atoms with van der Waals surface area (Å²) in [7, 11) is 0. The molecule has 0 aromatic heterocycles. The largest absolute Gasteiger partial charge is 0.443 e. The summed E-state index contributed by atoms with van der Waals surface area (Å²) in [5.41, 5.74) is 1.63. The van der Waals surface area contributed by atoms with E-state index < -0.39 is 5.60 Å². The molecule has 1 N–H and O–H groups in total. The predicted molar refractivity (Wildman–Crippen MR) is 81.5 cm³/mol. The van der Waals surface area contributed by atoms with Gasteiger partial charge in [0, 0.05) is 17.2 Å².